The number of rotatable bonds is 3. The van der Waals surface area contributed by atoms with Gasteiger partial charge in [0, 0.05) is 0 Å². The lowest BCUT2D eigenvalue weighted by atomic mass is 10.3. The number of aromatic nitrogens is 1. The molecular weight excluding hydrogens is 236 g/mol. The Hall–Kier alpha value is -1.88. The van der Waals surface area contributed by atoms with Gasteiger partial charge in [-0.3, -0.25) is 4.79 Å². The highest BCUT2D eigenvalue weighted by Gasteiger charge is 2.11. The minimum absolute atomic E-state index is 0.167. The largest absolute Gasteiger partial charge is 0.495 e. The van der Waals surface area contributed by atoms with Crippen molar-refractivity contribution in [2.75, 3.05) is 12.4 Å². The van der Waals surface area contributed by atoms with Gasteiger partial charge in [0.1, 0.15) is 10.6 Å². The Morgan fingerprint density at radius 2 is 2.18 bits per heavy atom. The second-order valence-electron chi connectivity index (χ2n) is 3.40. The molecule has 0 bridgehead atoms. The number of carbonyl (C=O) groups excluding carboxylic acids is 1. The first kappa shape index (κ1) is 11.6. The molecule has 0 aliphatic carbocycles. The number of methoxy groups -OCH3 is 1. The minimum atomic E-state index is -0.167. The van der Waals surface area contributed by atoms with Gasteiger partial charge in [0.25, 0.3) is 5.91 Å². The molecule has 1 aromatic carbocycles. The molecule has 1 heterocycles. The van der Waals surface area contributed by atoms with E-state index in [-0.39, 0.29) is 5.91 Å². The van der Waals surface area contributed by atoms with Crippen LogP contribution in [-0.2, 0) is 0 Å². The van der Waals surface area contributed by atoms with Crippen molar-refractivity contribution >= 4 is 22.9 Å². The molecule has 0 saturated carbocycles. The van der Waals surface area contributed by atoms with Crippen LogP contribution in [0.2, 0.25) is 0 Å². The van der Waals surface area contributed by atoms with E-state index in [4.69, 9.17) is 4.74 Å². The van der Waals surface area contributed by atoms with E-state index in [0.29, 0.717) is 16.3 Å². The van der Waals surface area contributed by atoms with E-state index in [1.54, 1.807) is 25.4 Å². The lowest BCUT2D eigenvalue weighted by Gasteiger charge is -2.08. The zero-order valence-electron chi connectivity index (χ0n) is 9.56. The third-order valence-corrected chi connectivity index (χ3v) is 3.11. The van der Waals surface area contributed by atoms with Gasteiger partial charge in [-0.2, -0.15) is 0 Å². The number of carbonyl (C=O) groups is 1. The fourth-order valence-corrected chi connectivity index (χ4v) is 2.07. The van der Waals surface area contributed by atoms with Gasteiger partial charge >= 0.3 is 0 Å². The fraction of sp³-hybridized carbons (Fsp3) is 0.167. The zero-order chi connectivity index (χ0) is 12.3. The summed E-state index contributed by atoms with van der Waals surface area (Å²) in [5, 5.41) is 3.67. The lowest BCUT2D eigenvalue weighted by Crippen LogP contribution is -2.10. The van der Waals surface area contributed by atoms with Crippen molar-refractivity contribution in [3.05, 3.63) is 40.3 Å². The summed E-state index contributed by atoms with van der Waals surface area (Å²) in [5.41, 5.74) is 0.658. The molecule has 17 heavy (non-hydrogen) atoms. The standard InChI is InChI=1S/C12H12N2O2S/c1-8-13-7-11(17-8)12(15)14-9-5-3-4-6-10(9)16-2/h3-7H,1-2H3,(H,14,15). The summed E-state index contributed by atoms with van der Waals surface area (Å²) in [6, 6.07) is 7.29. The van der Waals surface area contributed by atoms with Gasteiger partial charge < -0.3 is 10.1 Å². The van der Waals surface area contributed by atoms with Crippen molar-refractivity contribution in [3.63, 3.8) is 0 Å². The molecule has 1 aromatic heterocycles. The lowest BCUT2D eigenvalue weighted by molar-refractivity contribution is 0.103. The van der Waals surface area contributed by atoms with Crippen LogP contribution in [-0.4, -0.2) is 18.0 Å². The zero-order valence-corrected chi connectivity index (χ0v) is 10.4. The van der Waals surface area contributed by atoms with Crippen molar-refractivity contribution in [2.24, 2.45) is 0 Å². The highest BCUT2D eigenvalue weighted by Crippen LogP contribution is 2.24. The molecule has 0 atom stereocenters. The second-order valence-corrected chi connectivity index (χ2v) is 4.63. The van der Waals surface area contributed by atoms with Crippen LogP contribution in [0.3, 0.4) is 0 Å². The molecule has 2 rings (SSSR count). The number of hydrogen-bond donors (Lipinski definition) is 1. The molecule has 1 amide bonds. The van der Waals surface area contributed by atoms with Crippen molar-refractivity contribution in [3.8, 4) is 5.75 Å². The van der Waals surface area contributed by atoms with Crippen molar-refractivity contribution in [1.82, 2.24) is 4.98 Å². The number of ether oxygens (including phenoxy) is 1. The number of benzene rings is 1. The van der Waals surface area contributed by atoms with E-state index in [1.807, 2.05) is 19.1 Å². The van der Waals surface area contributed by atoms with E-state index in [0.717, 1.165) is 5.01 Å². The molecule has 2 aromatic rings. The number of nitrogens with zero attached hydrogens (tertiary/aromatic N) is 1. The minimum Gasteiger partial charge on any atom is -0.495 e. The van der Waals surface area contributed by atoms with Crippen LogP contribution < -0.4 is 10.1 Å². The quantitative estimate of drug-likeness (QED) is 0.908. The molecule has 5 heteroatoms. The third kappa shape index (κ3) is 2.62. The Morgan fingerprint density at radius 3 is 2.82 bits per heavy atom. The maximum atomic E-state index is 11.9. The summed E-state index contributed by atoms with van der Waals surface area (Å²) >= 11 is 1.36. The summed E-state index contributed by atoms with van der Waals surface area (Å²) in [5.74, 6) is 0.474. The number of thiazole rings is 1. The van der Waals surface area contributed by atoms with Gasteiger partial charge in [0.2, 0.25) is 0 Å². The van der Waals surface area contributed by atoms with Crippen molar-refractivity contribution in [2.45, 2.75) is 6.92 Å². The molecule has 0 radical (unpaired) electrons. The summed E-state index contributed by atoms with van der Waals surface area (Å²) in [7, 11) is 1.57. The van der Waals surface area contributed by atoms with Gasteiger partial charge in [0.15, 0.2) is 0 Å². The Bertz CT molecular complexity index is 537. The van der Waals surface area contributed by atoms with Crippen LogP contribution in [0.25, 0.3) is 0 Å². The number of aryl methyl sites for hydroxylation is 1. The average Bonchev–Trinajstić information content (AvgIpc) is 2.77. The van der Waals surface area contributed by atoms with Crippen molar-refractivity contribution < 1.29 is 9.53 Å². The molecule has 0 spiro atoms. The average molecular weight is 248 g/mol. The summed E-state index contributed by atoms with van der Waals surface area (Å²) < 4.78 is 5.16. The molecule has 0 aliphatic rings. The van der Waals surface area contributed by atoms with Gasteiger partial charge in [-0.25, -0.2) is 4.98 Å². The number of hydrogen-bond acceptors (Lipinski definition) is 4. The van der Waals surface area contributed by atoms with E-state index in [1.165, 1.54) is 11.3 Å². The summed E-state index contributed by atoms with van der Waals surface area (Å²) in [6.07, 6.45) is 1.57. The first-order chi connectivity index (χ1) is 8.20. The topological polar surface area (TPSA) is 51.2 Å². The molecule has 0 unspecified atom stereocenters. The van der Waals surface area contributed by atoms with Crippen LogP contribution in [0.1, 0.15) is 14.7 Å². The van der Waals surface area contributed by atoms with Crippen molar-refractivity contribution in [1.29, 1.82) is 0 Å². The first-order valence-corrected chi connectivity index (χ1v) is 5.89. The van der Waals surface area contributed by atoms with Crippen LogP contribution in [0.4, 0.5) is 5.69 Å². The normalized spacial score (nSPS) is 10.0. The van der Waals surface area contributed by atoms with E-state index in [9.17, 15) is 4.79 Å². The Labute approximate surface area is 103 Å². The fourth-order valence-electron chi connectivity index (χ4n) is 1.40. The molecule has 4 nitrogen and oxygen atoms in total. The Morgan fingerprint density at radius 1 is 1.41 bits per heavy atom. The summed E-state index contributed by atoms with van der Waals surface area (Å²) in [4.78, 5) is 16.5. The molecule has 0 saturated heterocycles. The molecule has 88 valence electrons. The number of amides is 1. The summed E-state index contributed by atoms with van der Waals surface area (Å²) in [6.45, 7) is 1.87. The predicted octanol–water partition coefficient (Wildman–Crippen LogP) is 2.71. The van der Waals surface area contributed by atoms with Crippen LogP contribution >= 0.6 is 11.3 Å². The molecule has 0 fully saturated rings. The molecule has 1 N–H and O–H groups in total. The van der Waals surface area contributed by atoms with Crippen LogP contribution in [0, 0.1) is 6.92 Å². The first-order valence-electron chi connectivity index (χ1n) is 5.07. The monoisotopic (exact) mass is 248 g/mol. The highest BCUT2D eigenvalue weighted by molar-refractivity contribution is 7.13. The Kier molecular flexibility index (Phi) is 3.39. The maximum Gasteiger partial charge on any atom is 0.267 e. The molecule has 0 aliphatic heterocycles. The van der Waals surface area contributed by atoms with Gasteiger partial charge in [-0.15, -0.1) is 11.3 Å². The van der Waals surface area contributed by atoms with E-state index >= 15 is 0 Å². The maximum absolute atomic E-state index is 11.9. The number of nitrogens with one attached hydrogen (secondary N) is 1. The van der Waals surface area contributed by atoms with E-state index in [2.05, 4.69) is 10.3 Å². The highest BCUT2D eigenvalue weighted by atomic mass is 32.1. The number of anilines is 1. The van der Waals surface area contributed by atoms with Gasteiger partial charge in [-0.05, 0) is 19.1 Å². The van der Waals surface area contributed by atoms with Crippen LogP contribution in [0.5, 0.6) is 5.75 Å². The Balaban J connectivity index is 2.18. The smallest absolute Gasteiger partial charge is 0.267 e. The third-order valence-electron chi connectivity index (χ3n) is 2.20. The van der Waals surface area contributed by atoms with Gasteiger partial charge in [-0.1, -0.05) is 12.1 Å². The second kappa shape index (κ2) is 4.97. The molecular formula is C12H12N2O2S. The predicted molar refractivity (Wildman–Crippen MR) is 67.8 cm³/mol. The number of para-hydroxylation sites is 2. The van der Waals surface area contributed by atoms with Gasteiger partial charge in [0.05, 0.1) is 24.0 Å². The van der Waals surface area contributed by atoms with E-state index < -0.39 is 0 Å². The van der Waals surface area contributed by atoms with Crippen LogP contribution in [0.15, 0.2) is 30.5 Å². The SMILES string of the molecule is COc1ccccc1NC(=O)c1cnc(C)s1.